The van der Waals surface area contributed by atoms with E-state index in [4.69, 9.17) is 21.1 Å². The molecule has 1 heterocycles. The van der Waals surface area contributed by atoms with Crippen LogP contribution in [0.5, 0.6) is 5.75 Å². The van der Waals surface area contributed by atoms with E-state index in [0.29, 0.717) is 17.5 Å². The monoisotopic (exact) mass is 467 g/mol. The molecule has 0 radical (unpaired) electrons. The summed E-state index contributed by atoms with van der Waals surface area (Å²) in [5.74, 6) is 0.558. The maximum absolute atomic E-state index is 12.1. The van der Waals surface area contributed by atoms with Crippen LogP contribution in [0.4, 0.5) is 0 Å². The lowest BCUT2D eigenvalue weighted by Crippen LogP contribution is -2.05. The molecule has 29 heavy (non-hydrogen) atoms. The Morgan fingerprint density at radius 3 is 2.52 bits per heavy atom. The molecule has 0 aromatic heterocycles. The molecule has 1 aliphatic heterocycles. The molecule has 4 nitrogen and oxygen atoms in total. The van der Waals surface area contributed by atoms with Crippen LogP contribution in [-0.4, -0.2) is 11.9 Å². The molecule has 0 bridgehead atoms. The number of cyclic esters (lactones) is 1. The summed E-state index contributed by atoms with van der Waals surface area (Å²) in [6.07, 6.45) is 1.69. The van der Waals surface area contributed by atoms with Crippen LogP contribution >= 0.6 is 27.5 Å². The van der Waals surface area contributed by atoms with Crippen molar-refractivity contribution in [3.05, 3.63) is 105 Å². The third kappa shape index (κ3) is 4.94. The molecule has 0 saturated carbocycles. The molecule has 1 aliphatic rings. The van der Waals surface area contributed by atoms with Crippen LogP contribution in [0.1, 0.15) is 16.7 Å². The number of hydrogen-bond acceptors (Lipinski definition) is 4. The van der Waals surface area contributed by atoms with Crippen LogP contribution in [0.25, 0.3) is 6.08 Å². The van der Waals surface area contributed by atoms with Crippen molar-refractivity contribution < 1.29 is 14.3 Å². The zero-order valence-corrected chi connectivity index (χ0v) is 17.5. The molecule has 0 aliphatic carbocycles. The highest BCUT2D eigenvalue weighted by Crippen LogP contribution is 2.22. The molecular formula is C23H15BrClNO3. The first-order chi connectivity index (χ1) is 14.1. The van der Waals surface area contributed by atoms with Gasteiger partial charge in [-0.2, -0.15) is 0 Å². The standard InChI is InChI=1S/C23H15BrClNO3/c24-18-3-1-2-17(13-18)22-26-21(23(27)29-22)12-15-6-10-20(11-7-15)28-14-16-4-8-19(25)9-5-16/h1-13H,14H2/b21-12-. The zero-order chi connectivity index (χ0) is 20.2. The lowest BCUT2D eigenvalue weighted by Gasteiger charge is -2.06. The van der Waals surface area contributed by atoms with Gasteiger partial charge in [-0.25, -0.2) is 9.79 Å². The number of carbonyl (C=O) groups excluding carboxylic acids is 1. The quantitative estimate of drug-likeness (QED) is 0.339. The van der Waals surface area contributed by atoms with Gasteiger partial charge in [0.05, 0.1) is 0 Å². The van der Waals surface area contributed by atoms with Gasteiger partial charge in [0.15, 0.2) is 5.70 Å². The van der Waals surface area contributed by atoms with Gasteiger partial charge in [-0.1, -0.05) is 57.9 Å². The van der Waals surface area contributed by atoms with Gasteiger partial charge in [-0.15, -0.1) is 0 Å². The van der Waals surface area contributed by atoms with Gasteiger partial charge in [-0.05, 0) is 59.7 Å². The smallest absolute Gasteiger partial charge is 0.363 e. The molecule has 0 fully saturated rings. The van der Waals surface area contributed by atoms with E-state index in [9.17, 15) is 4.79 Å². The number of halogens is 2. The summed E-state index contributed by atoms with van der Waals surface area (Å²) in [6.45, 7) is 0.449. The van der Waals surface area contributed by atoms with Crippen LogP contribution < -0.4 is 4.74 Å². The van der Waals surface area contributed by atoms with Crippen molar-refractivity contribution in [3.8, 4) is 5.75 Å². The fraction of sp³-hybridized carbons (Fsp3) is 0.0435. The maximum atomic E-state index is 12.1. The lowest BCUT2D eigenvalue weighted by molar-refractivity contribution is -0.129. The minimum atomic E-state index is -0.469. The second kappa shape index (κ2) is 8.64. The number of ether oxygens (including phenoxy) is 2. The molecule has 0 amide bonds. The minimum Gasteiger partial charge on any atom is -0.489 e. The van der Waals surface area contributed by atoms with Gasteiger partial charge in [0.2, 0.25) is 5.90 Å². The Balaban J connectivity index is 1.45. The van der Waals surface area contributed by atoms with Crippen molar-refractivity contribution in [1.29, 1.82) is 0 Å². The van der Waals surface area contributed by atoms with Gasteiger partial charge in [0.1, 0.15) is 12.4 Å². The number of carbonyl (C=O) groups is 1. The Hall–Kier alpha value is -2.89. The predicted molar refractivity (Wildman–Crippen MR) is 117 cm³/mol. The summed E-state index contributed by atoms with van der Waals surface area (Å²) in [6, 6.07) is 22.4. The Bertz CT molecular complexity index is 1110. The number of nitrogens with zero attached hydrogens (tertiary/aromatic N) is 1. The van der Waals surface area contributed by atoms with E-state index in [1.807, 2.05) is 72.8 Å². The lowest BCUT2D eigenvalue weighted by atomic mass is 10.2. The first-order valence-corrected chi connectivity index (χ1v) is 10.00. The molecule has 3 aromatic carbocycles. The SMILES string of the molecule is O=C1OC(c2cccc(Br)c2)=N/C1=C\c1ccc(OCc2ccc(Cl)cc2)cc1. The first-order valence-electron chi connectivity index (χ1n) is 8.83. The summed E-state index contributed by atoms with van der Waals surface area (Å²) in [5, 5.41) is 0.697. The van der Waals surface area contributed by atoms with Crippen molar-refractivity contribution >= 4 is 45.5 Å². The summed E-state index contributed by atoms with van der Waals surface area (Å²) in [5.41, 5.74) is 2.86. The minimum absolute atomic E-state index is 0.259. The zero-order valence-electron chi connectivity index (χ0n) is 15.1. The number of aliphatic imine (C=N–C) groups is 1. The van der Waals surface area contributed by atoms with Crippen LogP contribution in [0.3, 0.4) is 0 Å². The van der Waals surface area contributed by atoms with E-state index in [0.717, 1.165) is 26.9 Å². The summed E-state index contributed by atoms with van der Waals surface area (Å²) in [4.78, 5) is 16.5. The van der Waals surface area contributed by atoms with Crippen LogP contribution in [0.2, 0.25) is 5.02 Å². The topological polar surface area (TPSA) is 47.9 Å². The average Bonchev–Trinajstić information content (AvgIpc) is 3.09. The molecule has 0 spiro atoms. The Morgan fingerprint density at radius 1 is 1.03 bits per heavy atom. The predicted octanol–water partition coefficient (Wildman–Crippen LogP) is 6.03. The first kappa shape index (κ1) is 19.4. The second-order valence-electron chi connectivity index (χ2n) is 6.33. The molecule has 4 rings (SSSR count). The number of hydrogen-bond donors (Lipinski definition) is 0. The van der Waals surface area contributed by atoms with Crippen LogP contribution in [-0.2, 0) is 16.1 Å². The maximum Gasteiger partial charge on any atom is 0.363 e. The van der Waals surface area contributed by atoms with Gasteiger partial charge in [-0.3, -0.25) is 0 Å². The van der Waals surface area contributed by atoms with E-state index in [2.05, 4.69) is 20.9 Å². The molecule has 6 heteroatoms. The fourth-order valence-corrected chi connectivity index (χ4v) is 3.24. The Morgan fingerprint density at radius 2 is 1.79 bits per heavy atom. The molecule has 3 aromatic rings. The van der Waals surface area contributed by atoms with Gasteiger partial charge in [0.25, 0.3) is 0 Å². The fourth-order valence-electron chi connectivity index (χ4n) is 2.72. The highest BCUT2D eigenvalue weighted by atomic mass is 79.9. The van der Waals surface area contributed by atoms with Crippen molar-refractivity contribution in [2.24, 2.45) is 4.99 Å². The van der Waals surface area contributed by atoms with Crippen molar-refractivity contribution in [3.63, 3.8) is 0 Å². The highest BCUT2D eigenvalue weighted by Gasteiger charge is 2.24. The van der Waals surface area contributed by atoms with Crippen LogP contribution in [0.15, 0.2) is 88.0 Å². The van der Waals surface area contributed by atoms with Crippen molar-refractivity contribution in [2.45, 2.75) is 6.61 Å². The second-order valence-corrected chi connectivity index (χ2v) is 7.68. The van der Waals surface area contributed by atoms with Crippen molar-refractivity contribution in [1.82, 2.24) is 0 Å². The largest absolute Gasteiger partial charge is 0.489 e. The number of esters is 1. The van der Waals surface area contributed by atoms with Gasteiger partial charge < -0.3 is 9.47 Å². The molecular weight excluding hydrogens is 454 g/mol. The third-order valence-corrected chi connectivity index (χ3v) is 4.94. The molecule has 0 unspecified atom stereocenters. The molecule has 144 valence electrons. The van der Waals surface area contributed by atoms with Crippen molar-refractivity contribution in [2.75, 3.05) is 0 Å². The van der Waals surface area contributed by atoms with E-state index in [1.165, 1.54) is 0 Å². The van der Waals surface area contributed by atoms with E-state index in [-0.39, 0.29) is 5.70 Å². The van der Waals surface area contributed by atoms with Gasteiger partial charge in [0, 0.05) is 15.1 Å². The molecule has 0 atom stereocenters. The van der Waals surface area contributed by atoms with Gasteiger partial charge >= 0.3 is 5.97 Å². The van der Waals surface area contributed by atoms with Crippen LogP contribution in [0, 0.1) is 0 Å². The average molecular weight is 469 g/mol. The van der Waals surface area contributed by atoms with E-state index in [1.54, 1.807) is 6.08 Å². The summed E-state index contributed by atoms with van der Waals surface area (Å²) in [7, 11) is 0. The summed E-state index contributed by atoms with van der Waals surface area (Å²) >= 11 is 9.29. The number of rotatable bonds is 5. The van der Waals surface area contributed by atoms with E-state index < -0.39 is 5.97 Å². The molecule has 0 saturated heterocycles. The third-order valence-electron chi connectivity index (χ3n) is 4.19. The summed E-state index contributed by atoms with van der Waals surface area (Å²) < 4.78 is 12.0. The number of benzene rings is 3. The Kier molecular flexibility index (Phi) is 5.79. The Labute approximate surface area is 181 Å². The normalized spacial score (nSPS) is 14.6. The highest BCUT2D eigenvalue weighted by molar-refractivity contribution is 9.10. The van der Waals surface area contributed by atoms with E-state index >= 15 is 0 Å². The molecule has 0 N–H and O–H groups in total.